The number of amides is 1. The van der Waals surface area contributed by atoms with Crippen molar-refractivity contribution in [3.8, 4) is 0 Å². The first-order chi connectivity index (χ1) is 7.52. The van der Waals surface area contributed by atoms with Gasteiger partial charge in [0.2, 0.25) is 5.91 Å². The maximum Gasteiger partial charge on any atom is 0.330 e. The minimum Gasteiger partial charge on any atom is -0.478 e. The molecule has 0 aromatic rings. The first kappa shape index (κ1) is 14.4. The topological polar surface area (TPSA) is 57.6 Å². The smallest absolute Gasteiger partial charge is 0.330 e. The number of carbonyl (C=O) groups excluding carboxylic acids is 1. The van der Waals surface area contributed by atoms with E-state index in [4.69, 9.17) is 5.11 Å². The third-order valence-electron chi connectivity index (χ3n) is 2.18. The van der Waals surface area contributed by atoms with Gasteiger partial charge >= 0.3 is 5.97 Å². The second-order valence-corrected chi connectivity index (χ2v) is 3.47. The lowest BCUT2D eigenvalue weighted by Gasteiger charge is -2.05. The van der Waals surface area contributed by atoms with Crippen LogP contribution in [0.1, 0.15) is 33.1 Å². The first-order valence-electron chi connectivity index (χ1n) is 5.35. The lowest BCUT2D eigenvalue weighted by Crippen LogP contribution is -2.16. The lowest BCUT2D eigenvalue weighted by atomic mass is 10.2. The molecular weight excluding hydrogens is 206 g/mol. The Bertz CT molecular complexity index is 295. The molecule has 1 fully saturated rings. The van der Waals surface area contributed by atoms with Gasteiger partial charge in [-0.2, -0.15) is 0 Å². The highest BCUT2D eigenvalue weighted by Gasteiger charge is 2.15. The molecule has 4 heteroatoms. The molecule has 1 amide bonds. The molecule has 0 unspecified atom stereocenters. The van der Waals surface area contributed by atoms with Gasteiger partial charge in [0.25, 0.3) is 0 Å². The molecule has 1 N–H and O–H groups in total. The molecule has 1 aliphatic heterocycles. The van der Waals surface area contributed by atoms with E-state index in [1.807, 2.05) is 6.92 Å². The van der Waals surface area contributed by atoms with Gasteiger partial charge in [0, 0.05) is 18.5 Å². The van der Waals surface area contributed by atoms with Crippen molar-refractivity contribution in [3.05, 3.63) is 24.4 Å². The van der Waals surface area contributed by atoms with E-state index in [1.165, 1.54) is 0 Å². The number of carboxylic acid groups (broad SMARTS) is 1. The highest BCUT2D eigenvalue weighted by Crippen LogP contribution is 2.08. The fraction of sp³-hybridized carbons (Fsp3) is 0.500. The fourth-order valence-electron chi connectivity index (χ4n) is 1.26. The Kier molecular flexibility index (Phi) is 6.92. The van der Waals surface area contributed by atoms with Crippen LogP contribution in [0.5, 0.6) is 0 Å². The molecule has 1 saturated heterocycles. The quantitative estimate of drug-likeness (QED) is 0.749. The molecule has 1 rings (SSSR count). The van der Waals surface area contributed by atoms with Gasteiger partial charge < -0.3 is 10.0 Å². The Balaban J connectivity index is 0.000000281. The molecule has 4 nitrogen and oxygen atoms in total. The number of rotatable bonds is 3. The standard InChI is InChI=1S/C6H9NO.C6H10O2/c1-2-7-5-3-4-6(7)8;1-3-4-5(2)6(7)8/h2H,1,3-5H2;4H,3H2,1-2H3,(H,7,8)/b;5-4+. The van der Waals surface area contributed by atoms with E-state index in [-0.39, 0.29) is 5.91 Å². The Morgan fingerprint density at radius 2 is 2.25 bits per heavy atom. The van der Waals surface area contributed by atoms with E-state index in [0.717, 1.165) is 19.4 Å². The fourth-order valence-corrected chi connectivity index (χ4v) is 1.26. The zero-order valence-electron chi connectivity index (χ0n) is 9.90. The normalized spacial score (nSPS) is 15.5. The summed E-state index contributed by atoms with van der Waals surface area (Å²) in [5.41, 5.74) is 0.424. The summed E-state index contributed by atoms with van der Waals surface area (Å²) in [6.45, 7) is 7.86. The lowest BCUT2D eigenvalue weighted by molar-refractivity contribution is -0.132. The van der Waals surface area contributed by atoms with E-state index in [9.17, 15) is 9.59 Å². The van der Waals surface area contributed by atoms with E-state index < -0.39 is 5.97 Å². The van der Waals surface area contributed by atoms with Gasteiger partial charge in [-0.3, -0.25) is 4.79 Å². The minimum atomic E-state index is -0.827. The molecule has 16 heavy (non-hydrogen) atoms. The Labute approximate surface area is 96.3 Å². The van der Waals surface area contributed by atoms with Crippen LogP contribution in [0, 0.1) is 0 Å². The summed E-state index contributed by atoms with van der Waals surface area (Å²) in [5.74, 6) is -0.619. The molecule has 0 spiro atoms. The molecule has 0 aliphatic carbocycles. The number of carboxylic acids is 1. The first-order valence-corrected chi connectivity index (χ1v) is 5.35. The SMILES string of the molecule is C=CN1CCCC1=O.CC/C=C(\C)C(=O)O. The van der Waals surface area contributed by atoms with Crippen LogP contribution in [0.4, 0.5) is 0 Å². The molecule has 1 aliphatic rings. The summed E-state index contributed by atoms with van der Waals surface area (Å²) in [4.78, 5) is 22.3. The number of likely N-dealkylation sites (tertiary alicyclic amines) is 1. The van der Waals surface area contributed by atoms with Gasteiger partial charge in [-0.1, -0.05) is 19.6 Å². The Morgan fingerprint density at radius 1 is 1.62 bits per heavy atom. The molecular formula is C12H19NO3. The van der Waals surface area contributed by atoms with Crippen LogP contribution in [-0.2, 0) is 9.59 Å². The van der Waals surface area contributed by atoms with Crippen LogP contribution < -0.4 is 0 Å². The third kappa shape index (κ3) is 5.34. The molecule has 90 valence electrons. The van der Waals surface area contributed by atoms with Gasteiger partial charge in [-0.25, -0.2) is 4.79 Å². The average Bonchev–Trinajstić information content (AvgIpc) is 2.65. The maximum atomic E-state index is 10.7. The molecule has 0 saturated carbocycles. The monoisotopic (exact) mass is 225 g/mol. The van der Waals surface area contributed by atoms with Crippen LogP contribution in [0.3, 0.4) is 0 Å². The van der Waals surface area contributed by atoms with Crippen molar-refractivity contribution in [2.75, 3.05) is 6.54 Å². The van der Waals surface area contributed by atoms with E-state index in [1.54, 1.807) is 24.1 Å². The average molecular weight is 225 g/mol. The zero-order valence-corrected chi connectivity index (χ0v) is 9.90. The van der Waals surface area contributed by atoms with Crippen LogP contribution in [0.25, 0.3) is 0 Å². The van der Waals surface area contributed by atoms with Crippen molar-refractivity contribution in [3.63, 3.8) is 0 Å². The number of nitrogens with zero attached hydrogens (tertiary/aromatic N) is 1. The number of aliphatic carboxylic acids is 1. The van der Waals surface area contributed by atoms with Crippen molar-refractivity contribution in [1.29, 1.82) is 0 Å². The Morgan fingerprint density at radius 3 is 2.44 bits per heavy atom. The van der Waals surface area contributed by atoms with E-state index >= 15 is 0 Å². The van der Waals surface area contributed by atoms with Crippen molar-refractivity contribution >= 4 is 11.9 Å². The summed E-state index contributed by atoms with van der Waals surface area (Å²) < 4.78 is 0. The number of hydrogen-bond donors (Lipinski definition) is 1. The third-order valence-corrected chi connectivity index (χ3v) is 2.18. The predicted molar refractivity (Wildman–Crippen MR) is 62.8 cm³/mol. The molecule has 0 aromatic heterocycles. The van der Waals surface area contributed by atoms with Crippen molar-refractivity contribution in [2.45, 2.75) is 33.1 Å². The summed E-state index contributed by atoms with van der Waals surface area (Å²) in [6.07, 6.45) is 5.76. The van der Waals surface area contributed by atoms with Crippen LogP contribution >= 0.6 is 0 Å². The second kappa shape index (κ2) is 7.68. The van der Waals surface area contributed by atoms with Crippen molar-refractivity contribution < 1.29 is 14.7 Å². The van der Waals surface area contributed by atoms with Crippen molar-refractivity contribution in [2.24, 2.45) is 0 Å². The zero-order chi connectivity index (χ0) is 12.6. The van der Waals surface area contributed by atoms with Crippen molar-refractivity contribution in [1.82, 2.24) is 4.90 Å². The Hall–Kier alpha value is -1.58. The minimum absolute atomic E-state index is 0.208. The molecule has 0 aromatic carbocycles. The summed E-state index contributed by atoms with van der Waals surface area (Å²) in [5, 5.41) is 8.24. The number of allylic oxidation sites excluding steroid dienone is 1. The summed E-state index contributed by atoms with van der Waals surface area (Å²) in [6, 6.07) is 0. The number of carbonyl (C=O) groups is 2. The van der Waals surface area contributed by atoms with Crippen LogP contribution in [-0.4, -0.2) is 28.4 Å². The highest BCUT2D eigenvalue weighted by molar-refractivity contribution is 5.85. The predicted octanol–water partition coefficient (Wildman–Crippen LogP) is 2.18. The molecule has 0 radical (unpaired) electrons. The van der Waals surface area contributed by atoms with E-state index in [2.05, 4.69) is 6.58 Å². The largest absolute Gasteiger partial charge is 0.478 e. The van der Waals surface area contributed by atoms with Crippen LogP contribution in [0.15, 0.2) is 24.4 Å². The summed E-state index contributed by atoms with van der Waals surface area (Å²) in [7, 11) is 0. The van der Waals surface area contributed by atoms with Gasteiger partial charge in [0.15, 0.2) is 0 Å². The van der Waals surface area contributed by atoms with E-state index in [0.29, 0.717) is 12.0 Å². The van der Waals surface area contributed by atoms with Crippen LogP contribution in [0.2, 0.25) is 0 Å². The second-order valence-electron chi connectivity index (χ2n) is 3.47. The van der Waals surface area contributed by atoms with Gasteiger partial charge in [-0.15, -0.1) is 0 Å². The number of hydrogen-bond acceptors (Lipinski definition) is 2. The van der Waals surface area contributed by atoms with Gasteiger partial charge in [-0.05, 0) is 26.0 Å². The molecule has 1 heterocycles. The maximum absolute atomic E-state index is 10.7. The van der Waals surface area contributed by atoms with Gasteiger partial charge in [0.05, 0.1) is 0 Å². The molecule has 0 bridgehead atoms. The highest BCUT2D eigenvalue weighted by atomic mass is 16.4. The molecule has 0 atom stereocenters. The summed E-state index contributed by atoms with van der Waals surface area (Å²) >= 11 is 0. The van der Waals surface area contributed by atoms with Gasteiger partial charge in [0.1, 0.15) is 0 Å².